The monoisotopic (exact) mass is 712 g/mol. The van der Waals surface area contributed by atoms with Crippen molar-refractivity contribution in [2.45, 2.75) is 0 Å². The van der Waals surface area contributed by atoms with Gasteiger partial charge in [0.25, 0.3) is 0 Å². The molecule has 56 heavy (non-hydrogen) atoms. The molecule has 0 fully saturated rings. The van der Waals surface area contributed by atoms with Crippen LogP contribution in [0.25, 0.3) is 110 Å². The number of aromatic nitrogens is 4. The van der Waals surface area contributed by atoms with Crippen molar-refractivity contribution < 1.29 is 0 Å². The third-order valence-corrected chi connectivity index (χ3v) is 11.5. The first-order chi connectivity index (χ1) is 27.8. The fraction of sp³-hybridized carbons (Fsp3) is 0. The van der Waals surface area contributed by atoms with Gasteiger partial charge in [-0.05, 0) is 58.1 Å². The number of fused-ring (bicyclic) bond motifs is 10. The van der Waals surface area contributed by atoms with Gasteiger partial charge < -0.3 is 4.57 Å². The van der Waals surface area contributed by atoms with Crippen molar-refractivity contribution in [3.63, 3.8) is 0 Å². The van der Waals surface area contributed by atoms with E-state index in [1.165, 1.54) is 48.7 Å². The number of hydrogen-bond acceptors (Lipinski definition) is 2. The lowest BCUT2D eigenvalue weighted by Crippen LogP contribution is -2.04. The van der Waals surface area contributed by atoms with Gasteiger partial charge in [0, 0.05) is 49.1 Å². The van der Waals surface area contributed by atoms with E-state index in [9.17, 15) is 0 Å². The van der Waals surface area contributed by atoms with Gasteiger partial charge in [0.15, 0.2) is 0 Å². The molecule has 0 aliphatic heterocycles. The van der Waals surface area contributed by atoms with Crippen LogP contribution in [-0.2, 0) is 0 Å². The second-order valence-corrected chi connectivity index (χ2v) is 14.6. The minimum absolute atomic E-state index is 0.650. The molecule has 260 valence electrons. The summed E-state index contributed by atoms with van der Waals surface area (Å²) in [6.45, 7) is 0. The second kappa shape index (κ2) is 12.0. The van der Waals surface area contributed by atoms with Crippen LogP contribution in [0, 0.1) is 0 Å². The third-order valence-electron chi connectivity index (χ3n) is 11.5. The third kappa shape index (κ3) is 4.47. The average molecular weight is 713 g/mol. The SMILES string of the molecule is c1ccc(-c2nc(-n3c4c(-c5ccc(-n6c7ccccc7c7ccccc76)cc5)c5ccccc5cc4c4ccc5ccccc5c43)nc3ccccc23)cc1. The van der Waals surface area contributed by atoms with Crippen LogP contribution in [0.4, 0.5) is 0 Å². The van der Waals surface area contributed by atoms with E-state index in [0.717, 1.165) is 55.4 Å². The highest BCUT2D eigenvalue weighted by atomic mass is 15.2. The summed E-state index contributed by atoms with van der Waals surface area (Å²) in [5.74, 6) is 0.650. The fourth-order valence-electron chi connectivity index (χ4n) is 9.05. The summed E-state index contributed by atoms with van der Waals surface area (Å²) in [7, 11) is 0. The van der Waals surface area contributed by atoms with Crippen LogP contribution in [0.2, 0.25) is 0 Å². The Balaban J connectivity index is 1.20. The van der Waals surface area contributed by atoms with E-state index < -0.39 is 0 Å². The van der Waals surface area contributed by atoms with Gasteiger partial charge in [-0.15, -0.1) is 0 Å². The van der Waals surface area contributed by atoms with Crippen LogP contribution in [0.5, 0.6) is 0 Å². The molecule has 12 aromatic rings. The lowest BCUT2D eigenvalue weighted by Gasteiger charge is -2.16. The maximum absolute atomic E-state index is 5.49. The minimum Gasteiger partial charge on any atom is -0.309 e. The maximum atomic E-state index is 5.49. The molecule has 0 atom stereocenters. The van der Waals surface area contributed by atoms with Crippen LogP contribution in [0.15, 0.2) is 194 Å². The van der Waals surface area contributed by atoms with Gasteiger partial charge in [-0.25, -0.2) is 9.97 Å². The average Bonchev–Trinajstić information content (AvgIpc) is 3.79. The van der Waals surface area contributed by atoms with Crippen LogP contribution in [-0.4, -0.2) is 19.1 Å². The van der Waals surface area contributed by atoms with Crippen molar-refractivity contribution in [1.82, 2.24) is 19.1 Å². The number of para-hydroxylation sites is 3. The number of hydrogen-bond donors (Lipinski definition) is 0. The first kappa shape index (κ1) is 30.9. The highest BCUT2D eigenvalue weighted by Gasteiger charge is 2.24. The van der Waals surface area contributed by atoms with Crippen LogP contribution in [0.3, 0.4) is 0 Å². The quantitative estimate of drug-likeness (QED) is 0.182. The molecule has 0 radical (unpaired) electrons. The van der Waals surface area contributed by atoms with Crippen molar-refractivity contribution >= 4 is 76.1 Å². The Labute approximate surface area is 322 Å². The Morgan fingerprint density at radius 3 is 1.70 bits per heavy atom. The summed E-state index contributed by atoms with van der Waals surface area (Å²) >= 11 is 0. The topological polar surface area (TPSA) is 35.6 Å². The van der Waals surface area contributed by atoms with E-state index in [2.05, 4.69) is 203 Å². The smallest absolute Gasteiger partial charge is 0.235 e. The normalized spacial score (nSPS) is 11.9. The molecule has 4 heteroatoms. The van der Waals surface area contributed by atoms with Crippen LogP contribution >= 0.6 is 0 Å². The highest BCUT2D eigenvalue weighted by molar-refractivity contribution is 6.25. The maximum Gasteiger partial charge on any atom is 0.235 e. The Morgan fingerprint density at radius 1 is 0.339 bits per heavy atom. The van der Waals surface area contributed by atoms with Gasteiger partial charge in [0.1, 0.15) is 0 Å². The van der Waals surface area contributed by atoms with Gasteiger partial charge in [0.05, 0.1) is 33.3 Å². The van der Waals surface area contributed by atoms with Crippen molar-refractivity contribution in [2.75, 3.05) is 0 Å². The lowest BCUT2D eigenvalue weighted by molar-refractivity contribution is 1.02. The minimum atomic E-state index is 0.650. The molecule has 0 unspecified atom stereocenters. The first-order valence-electron chi connectivity index (χ1n) is 19.1. The van der Waals surface area contributed by atoms with E-state index >= 15 is 0 Å². The lowest BCUT2D eigenvalue weighted by atomic mass is 9.94. The summed E-state index contributed by atoms with van der Waals surface area (Å²) in [5, 5.41) is 10.6. The second-order valence-electron chi connectivity index (χ2n) is 14.6. The van der Waals surface area contributed by atoms with E-state index in [1.807, 2.05) is 0 Å². The van der Waals surface area contributed by atoms with E-state index in [0.29, 0.717) is 5.95 Å². The molecule has 0 amide bonds. The van der Waals surface area contributed by atoms with Gasteiger partial charge in [-0.3, -0.25) is 4.57 Å². The van der Waals surface area contributed by atoms with Crippen molar-refractivity contribution in [3.05, 3.63) is 194 Å². The Hall–Kier alpha value is -7.56. The molecule has 12 rings (SSSR count). The molecule has 9 aromatic carbocycles. The van der Waals surface area contributed by atoms with E-state index in [-0.39, 0.29) is 0 Å². The fourth-order valence-corrected chi connectivity index (χ4v) is 9.05. The largest absolute Gasteiger partial charge is 0.309 e. The summed E-state index contributed by atoms with van der Waals surface area (Å²) in [5.41, 5.74) is 10.9. The molecule has 0 spiro atoms. The van der Waals surface area contributed by atoms with Gasteiger partial charge in [-0.1, -0.05) is 158 Å². The van der Waals surface area contributed by atoms with Crippen LogP contribution in [0.1, 0.15) is 0 Å². The predicted molar refractivity (Wildman–Crippen MR) is 234 cm³/mol. The molecule has 0 saturated heterocycles. The van der Waals surface area contributed by atoms with Crippen LogP contribution < -0.4 is 0 Å². The molecular formula is C52H32N4. The molecule has 0 aliphatic carbocycles. The summed E-state index contributed by atoms with van der Waals surface area (Å²) in [6.07, 6.45) is 0. The Kier molecular flexibility index (Phi) is 6.60. The molecule has 0 aliphatic rings. The first-order valence-corrected chi connectivity index (χ1v) is 19.1. The van der Waals surface area contributed by atoms with Crippen molar-refractivity contribution in [1.29, 1.82) is 0 Å². The zero-order chi connectivity index (χ0) is 36.7. The highest BCUT2D eigenvalue weighted by Crippen LogP contribution is 2.45. The Morgan fingerprint density at radius 2 is 0.946 bits per heavy atom. The van der Waals surface area contributed by atoms with E-state index in [1.54, 1.807) is 0 Å². The van der Waals surface area contributed by atoms with Gasteiger partial charge in [0.2, 0.25) is 5.95 Å². The standard InChI is InChI=1S/C52H32N4/c1-2-15-35(16-3-1)49-43-22-8-11-23-45(43)53-52(54-49)56-50-39-19-7-4-14-33(39)28-31-42(50)44-32-36-17-5-6-18-38(36)48(51(44)56)34-26-29-37(30-27-34)55-46-24-12-9-20-40(46)41-21-10-13-25-47(41)55/h1-32H. The summed E-state index contributed by atoms with van der Waals surface area (Å²) in [4.78, 5) is 10.9. The Bertz CT molecular complexity index is 3470. The molecule has 3 heterocycles. The molecule has 3 aromatic heterocycles. The molecule has 4 nitrogen and oxygen atoms in total. The summed E-state index contributed by atoms with van der Waals surface area (Å²) < 4.78 is 4.72. The van der Waals surface area contributed by atoms with Crippen molar-refractivity contribution in [3.8, 4) is 34.0 Å². The molecule has 0 N–H and O–H groups in total. The number of benzene rings is 9. The predicted octanol–water partition coefficient (Wildman–Crippen LogP) is 13.5. The number of nitrogens with zero attached hydrogens (tertiary/aromatic N) is 4. The molecule has 0 bridgehead atoms. The van der Waals surface area contributed by atoms with E-state index in [4.69, 9.17) is 9.97 Å². The molecule has 0 saturated carbocycles. The molecular weight excluding hydrogens is 681 g/mol. The number of rotatable bonds is 4. The van der Waals surface area contributed by atoms with Gasteiger partial charge >= 0.3 is 0 Å². The zero-order valence-corrected chi connectivity index (χ0v) is 30.3. The zero-order valence-electron chi connectivity index (χ0n) is 30.3. The van der Waals surface area contributed by atoms with Gasteiger partial charge in [-0.2, -0.15) is 0 Å². The summed E-state index contributed by atoms with van der Waals surface area (Å²) in [6, 6.07) is 69.6. The van der Waals surface area contributed by atoms with Crippen molar-refractivity contribution in [2.24, 2.45) is 0 Å².